The lowest BCUT2D eigenvalue weighted by molar-refractivity contribution is 0.398. The van der Waals surface area contributed by atoms with Crippen LogP contribution in [0.4, 0.5) is 0 Å². The van der Waals surface area contributed by atoms with Gasteiger partial charge >= 0.3 is 0 Å². The summed E-state index contributed by atoms with van der Waals surface area (Å²) in [5, 5.41) is 0. The molecule has 4 heteroatoms. The van der Waals surface area contributed by atoms with Crippen LogP contribution in [0.3, 0.4) is 0 Å². The van der Waals surface area contributed by atoms with E-state index < -0.39 is 0 Å². The van der Waals surface area contributed by atoms with Gasteiger partial charge in [0.05, 0.1) is 12.8 Å². The molecular formula is C11H11N3O. The van der Waals surface area contributed by atoms with Crippen LogP contribution in [0.15, 0.2) is 30.6 Å². The molecule has 0 aliphatic rings. The Morgan fingerprint density at radius 2 is 1.93 bits per heavy atom. The third-order valence-corrected chi connectivity index (χ3v) is 2.02. The first-order valence-electron chi connectivity index (χ1n) is 4.59. The molecule has 4 nitrogen and oxygen atoms in total. The summed E-state index contributed by atoms with van der Waals surface area (Å²) in [6.45, 7) is 1.86. The first kappa shape index (κ1) is 9.58. The number of hydrogen-bond donors (Lipinski definition) is 0. The smallest absolute Gasteiger partial charge is 0.213 e. The summed E-state index contributed by atoms with van der Waals surface area (Å²) in [5.74, 6) is 1.34. The van der Waals surface area contributed by atoms with Crippen LogP contribution < -0.4 is 4.74 Å². The van der Waals surface area contributed by atoms with Crippen molar-refractivity contribution in [3.63, 3.8) is 0 Å². The van der Waals surface area contributed by atoms with Gasteiger partial charge in [-0.15, -0.1) is 0 Å². The number of rotatable bonds is 2. The van der Waals surface area contributed by atoms with Crippen molar-refractivity contribution in [1.29, 1.82) is 0 Å². The minimum Gasteiger partial charge on any atom is -0.481 e. The molecule has 0 saturated heterocycles. The zero-order chi connectivity index (χ0) is 10.7. The summed E-state index contributed by atoms with van der Waals surface area (Å²) >= 11 is 0. The summed E-state index contributed by atoms with van der Waals surface area (Å²) in [6.07, 6.45) is 3.44. The second kappa shape index (κ2) is 4.04. The van der Waals surface area contributed by atoms with Crippen molar-refractivity contribution in [2.75, 3.05) is 7.11 Å². The SMILES string of the molecule is COc1cc(-c2ccnc(C)n2)ccn1. The van der Waals surface area contributed by atoms with Crippen LogP contribution in [0.5, 0.6) is 5.88 Å². The van der Waals surface area contributed by atoms with Crippen molar-refractivity contribution < 1.29 is 4.74 Å². The minimum atomic E-state index is 0.587. The van der Waals surface area contributed by atoms with E-state index in [1.165, 1.54) is 0 Å². The molecule has 2 aromatic rings. The van der Waals surface area contributed by atoms with Crippen LogP contribution >= 0.6 is 0 Å². The molecule has 15 heavy (non-hydrogen) atoms. The molecule has 0 aliphatic heterocycles. The molecule has 0 aliphatic carbocycles. The largest absolute Gasteiger partial charge is 0.481 e. The summed E-state index contributed by atoms with van der Waals surface area (Å²) < 4.78 is 5.05. The van der Waals surface area contributed by atoms with Gasteiger partial charge in [0.25, 0.3) is 0 Å². The molecule has 0 amide bonds. The van der Waals surface area contributed by atoms with Gasteiger partial charge in [0.1, 0.15) is 5.82 Å². The Kier molecular flexibility index (Phi) is 2.58. The normalized spacial score (nSPS) is 10.0. The number of methoxy groups -OCH3 is 1. The molecule has 0 aromatic carbocycles. The van der Waals surface area contributed by atoms with E-state index in [1.54, 1.807) is 19.5 Å². The van der Waals surface area contributed by atoms with Crippen molar-refractivity contribution in [3.8, 4) is 17.1 Å². The van der Waals surface area contributed by atoms with Gasteiger partial charge in [-0.1, -0.05) is 0 Å². The molecule has 0 N–H and O–H groups in total. The van der Waals surface area contributed by atoms with Crippen LogP contribution in [0, 0.1) is 6.92 Å². The number of pyridine rings is 1. The first-order valence-corrected chi connectivity index (χ1v) is 4.59. The Morgan fingerprint density at radius 1 is 1.13 bits per heavy atom. The summed E-state index contributed by atoms with van der Waals surface area (Å²) in [4.78, 5) is 12.4. The highest BCUT2D eigenvalue weighted by molar-refractivity contribution is 5.59. The fraction of sp³-hybridized carbons (Fsp3) is 0.182. The fourth-order valence-electron chi connectivity index (χ4n) is 1.30. The van der Waals surface area contributed by atoms with Gasteiger partial charge in [-0.25, -0.2) is 15.0 Å². The summed E-state index contributed by atoms with van der Waals surface area (Å²) in [7, 11) is 1.59. The molecule has 0 bridgehead atoms. The predicted molar refractivity (Wildman–Crippen MR) is 56.6 cm³/mol. The number of aromatic nitrogens is 3. The quantitative estimate of drug-likeness (QED) is 0.744. The lowest BCUT2D eigenvalue weighted by atomic mass is 10.2. The third-order valence-electron chi connectivity index (χ3n) is 2.02. The van der Waals surface area contributed by atoms with Crippen LogP contribution in [0.2, 0.25) is 0 Å². The number of hydrogen-bond acceptors (Lipinski definition) is 4. The maximum absolute atomic E-state index is 5.05. The first-order chi connectivity index (χ1) is 7.29. The molecule has 2 aromatic heterocycles. The zero-order valence-electron chi connectivity index (χ0n) is 8.64. The Morgan fingerprint density at radius 3 is 2.67 bits per heavy atom. The van der Waals surface area contributed by atoms with Crippen LogP contribution in [0.25, 0.3) is 11.3 Å². The standard InChI is InChI=1S/C11H11N3O/c1-8-12-6-4-10(14-8)9-3-5-13-11(7-9)15-2/h3-7H,1-2H3. The zero-order valence-corrected chi connectivity index (χ0v) is 8.64. The van der Waals surface area contributed by atoms with Crippen molar-refractivity contribution in [2.45, 2.75) is 6.92 Å². The molecule has 0 unspecified atom stereocenters. The van der Waals surface area contributed by atoms with Gasteiger partial charge in [-0.2, -0.15) is 0 Å². The maximum atomic E-state index is 5.05. The lowest BCUT2D eigenvalue weighted by Gasteiger charge is -2.03. The van der Waals surface area contributed by atoms with E-state index in [4.69, 9.17) is 4.74 Å². The molecule has 0 saturated carbocycles. The van der Waals surface area contributed by atoms with Crippen molar-refractivity contribution in [1.82, 2.24) is 15.0 Å². The van der Waals surface area contributed by atoms with E-state index in [9.17, 15) is 0 Å². The Hall–Kier alpha value is -1.97. The van der Waals surface area contributed by atoms with Crippen LogP contribution in [-0.2, 0) is 0 Å². The van der Waals surface area contributed by atoms with Crippen molar-refractivity contribution >= 4 is 0 Å². The third kappa shape index (κ3) is 2.10. The molecule has 0 radical (unpaired) electrons. The highest BCUT2D eigenvalue weighted by Gasteiger charge is 2.01. The fourth-order valence-corrected chi connectivity index (χ4v) is 1.30. The molecular weight excluding hydrogens is 190 g/mol. The van der Waals surface area contributed by atoms with Gasteiger partial charge in [0.15, 0.2) is 0 Å². The average molecular weight is 201 g/mol. The molecule has 0 fully saturated rings. The lowest BCUT2D eigenvalue weighted by Crippen LogP contribution is -1.91. The predicted octanol–water partition coefficient (Wildman–Crippen LogP) is 1.86. The van der Waals surface area contributed by atoms with Gasteiger partial charge in [0.2, 0.25) is 5.88 Å². The monoisotopic (exact) mass is 201 g/mol. The molecule has 76 valence electrons. The average Bonchev–Trinajstić information content (AvgIpc) is 2.29. The van der Waals surface area contributed by atoms with Gasteiger partial charge < -0.3 is 4.74 Å². The second-order valence-electron chi connectivity index (χ2n) is 3.08. The van der Waals surface area contributed by atoms with Crippen LogP contribution in [-0.4, -0.2) is 22.1 Å². The van der Waals surface area contributed by atoms with E-state index in [0.717, 1.165) is 17.1 Å². The molecule has 0 spiro atoms. The van der Waals surface area contributed by atoms with E-state index in [2.05, 4.69) is 15.0 Å². The van der Waals surface area contributed by atoms with Crippen molar-refractivity contribution in [3.05, 3.63) is 36.4 Å². The van der Waals surface area contributed by atoms with E-state index in [0.29, 0.717) is 5.88 Å². The maximum Gasteiger partial charge on any atom is 0.213 e. The van der Waals surface area contributed by atoms with E-state index >= 15 is 0 Å². The van der Waals surface area contributed by atoms with Gasteiger partial charge in [-0.3, -0.25) is 0 Å². The van der Waals surface area contributed by atoms with E-state index in [-0.39, 0.29) is 0 Å². The molecule has 0 atom stereocenters. The second-order valence-corrected chi connectivity index (χ2v) is 3.08. The Labute approximate surface area is 88.0 Å². The van der Waals surface area contributed by atoms with Crippen molar-refractivity contribution in [2.24, 2.45) is 0 Å². The van der Waals surface area contributed by atoms with Gasteiger partial charge in [-0.05, 0) is 19.1 Å². The number of aryl methyl sites for hydroxylation is 1. The highest BCUT2D eigenvalue weighted by Crippen LogP contribution is 2.19. The Balaban J connectivity index is 2.44. The minimum absolute atomic E-state index is 0.587. The number of ether oxygens (including phenoxy) is 1. The summed E-state index contributed by atoms with van der Waals surface area (Å²) in [5.41, 5.74) is 1.86. The van der Waals surface area contributed by atoms with Crippen LogP contribution in [0.1, 0.15) is 5.82 Å². The topological polar surface area (TPSA) is 47.9 Å². The Bertz CT molecular complexity index is 471. The highest BCUT2D eigenvalue weighted by atomic mass is 16.5. The summed E-state index contributed by atoms with van der Waals surface area (Å²) in [6, 6.07) is 5.60. The molecule has 2 rings (SSSR count). The van der Waals surface area contributed by atoms with Gasteiger partial charge in [0, 0.05) is 24.0 Å². The van der Waals surface area contributed by atoms with E-state index in [1.807, 2.05) is 25.1 Å². The number of nitrogens with zero attached hydrogens (tertiary/aromatic N) is 3. The molecule has 2 heterocycles.